The molecule has 0 amide bonds. The van der Waals surface area contributed by atoms with Crippen molar-refractivity contribution in [3.8, 4) is 0 Å². The van der Waals surface area contributed by atoms with Gasteiger partial charge in [-0.05, 0) is 13.0 Å². The molecular weight excluding hydrogens is 272 g/mol. The molecule has 1 atom stereocenters. The topological polar surface area (TPSA) is 105 Å². The van der Waals surface area contributed by atoms with E-state index in [0.717, 1.165) is 12.3 Å². The standard InChI is InChI=1S/C10H14N4O4S/c1-8-7-13(5-4-11-8)19(17,18)10-3-2-9(6-12-10)14(15)16/h2-3,6,8,11H,4-5,7H2,1H3/t8-/m0/s1. The molecule has 0 bridgehead atoms. The molecular formula is C10H14N4O4S. The predicted octanol–water partition coefficient (Wildman–Crippen LogP) is -0.0278. The molecule has 1 aliphatic heterocycles. The first-order valence-corrected chi connectivity index (χ1v) is 7.19. The van der Waals surface area contributed by atoms with Crippen LogP contribution in [-0.2, 0) is 10.0 Å². The summed E-state index contributed by atoms with van der Waals surface area (Å²) >= 11 is 0. The second-order valence-corrected chi connectivity index (χ2v) is 6.21. The molecule has 0 spiro atoms. The Bertz CT molecular complexity index is 572. The van der Waals surface area contributed by atoms with E-state index >= 15 is 0 Å². The fourth-order valence-corrected chi connectivity index (χ4v) is 3.32. The molecule has 0 radical (unpaired) electrons. The Kier molecular flexibility index (Phi) is 3.78. The van der Waals surface area contributed by atoms with Crippen LogP contribution < -0.4 is 5.32 Å². The molecule has 0 aromatic carbocycles. The number of sulfonamides is 1. The van der Waals surface area contributed by atoms with E-state index in [1.54, 1.807) is 0 Å². The maximum Gasteiger partial charge on any atom is 0.287 e. The number of nitrogens with zero attached hydrogens (tertiary/aromatic N) is 3. The van der Waals surface area contributed by atoms with Crippen LogP contribution >= 0.6 is 0 Å². The first kappa shape index (κ1) is 13.8. The van der Waals surface area contributed by atoms with Crippen LogP contribution in [0, 0.1) is 10.1 Å². The summed E-state index contributed by atoms with van der Waals surface area (Å²) in [6.45, 7) is 3.20. The van der Waals surface area contributed by atoms with Gasteiger partial charge in [0.05, 0.1) is 4.92 Å². The molecule has 1 aromatic rings. The van der Waals surface area contributed by atoms with Gasteiger partial charge in [-0.25, -0.2) is 13.4 Å². The van der Waals surface area contributed by atoms with Crippen molar-refractivity contribution in [2.45, 2.75) is 18.0 Å². The Morgan fingerprint density at radius 1 is 1.53 bits per heavy atom. The summed E-state index contributed by atoms with van der Waals surface area (Å²) in [4.78, 5) is 13.6. The van der Waals surface area contributed by atoms with E-state index < -0.39 is 14.9 Å². The van der Waals surface area contributed by atoms with Gasteiger partial charge in [0.2, 0.25) is 0 Å². The number of pyridine rings is 1. The molecule has 9 heteroatoms. The summed E-state index contributed by atoms with van der Waals surface area (Å²) in [5.41, 5.74) is -0.229. The van der Waals surface area contributed by atoms with E-state index in [0.29, 0.717) is 19.6 Å². The minimum absolute atomic E-state index is 0.0709. The molecule has 2 heterocycles. The van der Waals surface area contributed by atoms with Gasteiger partial charge in [-0.3, -0.25) is 10.1 Å². The van der Waals surface area contributed by atoms with E-state index in [-0.39, 0.29) is 16.8 Å². The third kappa shape index (κ3) is 2.88. The van der Waals surface area contributed by atoms with E-state index in [2.05, 4.69) is 10.3 Å². The van der Waals surface area contributed by atoms with Gasteiger partial charge in [-0.1, -0.05) is 0 Å². The maximum absolute atomic E-state index is 12.3. The Hall–Kier alpha value is -1.58. The smallest absolute Gasteiger partial charge is 0.287 e. The lowest BCUT2D eigenvalue weighted by Crippen LogP contribution is -2.51. The number of aromatic nitrogens is 1. The van der Waals surface area contributed by atoms with Crippen LogP contribution in [-0.4, -0.2) is 48.3 Å². The highest BCUT2D eigenvalue weighted by Gasteiger charge is 2.29. The maximum atomic E-state index is 12.3. The molecule has 1 saturated heterocycles. The monoisotopic (exact) mass is 286 g/mol. The Labute approximate surface area is 110 Å². The highest BCUT2D eigenvalue weighted by atomic mass is 32.2. The molecule has 104 valence electrons. The molecule has 2 rings (SSSR count). The van der Waals surface area contributed by atoms with E-state index in [9.17, 15) is 18.5 Å². The van der Waals surface area contributed by atoms with Crippen LogP contribution in [0.15, 0.2) is 23.4 Å². The van der Waals surface area contributed by atoms with Crippen LogP contribution in [0.4, 0.5) is 5.69 Å². The van der Waals surface area contributed by atoms with Gasteiger partial charge < -0.3 is 5.32 Å². The molecule has 1 aliphatic rings. The van der Waals surface area contributed by atoms with Gasteiger partial charge in [0.1, 0.15) is 6.20 Å². The third-order valence-corrected chi connectivity index (χ3v) is 4.65. The van der Waals surface area contributed by atoms with Crippen LogP contribution in [0.25, 0.3) is 0 Å². The highest BCUT2D eigenvalue weighted by Crippen LogP contribution is 2.17. The minimum atomic E-state index is -3.68. The summed E-state index contributed by atoms with van der Waals surface area (Å²) in [6.07, 6.45) is 0.957. The number of hydrogen-bond acceptors (Lipinski definition) is 6. The number of nitrogens with one attached hydrogen (secondary N) is 1. The summed E-state index contributed by atoms with van der Waals surface area (Å²) in [5, 5.41) is 13.5. The summed E-state index contributed by atoms with van der Waals surface area (Å²) in [7, 11) is -3.68. The van der Waals surface area contributed by atoms with Crippen molar-refractivity contribution in [1.29, 1.82) is 0 Å². The highest BCUT2D eigenvalue weighted by molar-refractivity contribution is 7.89. The first-order valence-electron chi connectivity index (χ1n) is 5.75. The Morgan fingerprint density at radius 2 is 2.26 bits per heavy atom. The molecule has 0 saturated carbocycles. The lowest BCUT2D eigenvalue weighted by Gasteiger charge is -2.30. The molecule has 0 unspecified atom stereocenters. The zero-order valence-electron chi connectivity index (χ0n) is 10.3. The fourth-order valence-electron chi connectivity index (χ4n) is 1.88. The molecule has 1 fully saturated rings. The van der Waals surface area contributed by atoms with Gasteiger partial charge in [0, 0.05) is 31.7 Å². The van der Waals surface area contributed by atoms with Crippen molar-refractivity contribution >= 4 is 15.7 Å². The zero-order chi connectivity index (χ0) is 14.0. The lowest BCUT2D eigenvalue weighted by molar-refractivity contribution is -0.385. The van der Waals surface area contributed by atoms with Crippen molar-refractivity contribution in [2.75, 3.05) is 19.6 Å². The fraction of sp³-hybridized carbons (Fsp3) is 0.500. The zero-order valence-corrected chi connectivity index (χ0v) is 11.1. The Morgan fingerprint density at radius 3 is 2.79 bits per heavy atom. The van der Waals surface area contributed by atoms with Gasteiger partial charge in [-0.2, -0.15) is 4.31 Å². The molecule has 1 aromatic heterocycles. The summed E-state index contributed by atoms with van der Waals surface area (Å²) in [5.74, 6) is 0. The van der Waals surface area contributed by atoms with E-state index in [1.807, 2.05) is 6.92 Å². The molecule has 19 heavy (non-hydrogen) atoms. The van der Waals surface area contributed by atoms with Gasteiger partial charge in [-0.15, -0.1) is 0 Å². The van der Waals surface area contributed by atoms with Crippen LogP contribution in [0.3, 0.4) is 0 Å². The van der Waals surface area contributed by atoms with Crippen molar-refractivity contribution in [2.24, 2.45) is 0 Å². The molecule has 0 aliphatic carbocycles. The molecule has 8 nitrogen and oxygen atoms in total. The number of piperazine rings is 1. The largest absolute Gasteiger partial charge is 0.312 e. The minimum Gasteiger partial charge on any atom is -0.312 e. The van der Waals surface area contributed by atoms with Gasteiger partial charge >= 0.3 is 0 Å². The normalized spacial score (nSPS) is 21.2. The van der Waals surface area contributed by atoms with Crippen LogP contribution in [0.5, 0.6) is 0 Å². The van der Waals surface area contributed by atoms with Crippen LogP contribution in [0.2, 0.25) is 0 Å². The van der Waals surface area contributed by atoms with Crippen molar-refractivity contribution in [3.63, 3.8) is 0 Å². The number of nitro groups is 1. The average Bonchev–Trinajstić information content (AvgIpc) is 2.39. The van der Waals surface area contributed by atoms with Crippen molar-refractivity contribution in [1.82, 2.24) is 14.6 Å². The predicted molar refractivity (Wildman–Crippen MR) is 67.1 cm³/mol. The summed E-state index contributed by atoms with van der Waals surface area (Å²) < 4.78 is 25.9. The van der Waals surface area contributed by atoms with Crippen molar-refractivity contribution in [3.05, 3.63) is 28.4 Å². The second-order valence-electron chi connectivity index (χ2n) is 4.33. The lowest BCUT2D eigenvalue weighted by atomic mass is 10.3. The number of hydrogen-bond donors (Lipinski definition) is 1. The quantitative estimate of drug-likeness (QED) is 0.618. The van der Waals surface area contributed by atoms with Gasteiger partial charge in [0.25, 0.3) is 15.7 Å². The van der Waals surface area contributed by atoms with Gasteiger partial charge in [0.15, 0.2) is 5.03 Å². The first-order chi connectivity index (χ1) is 8.91. The van der Waals surface area contributed by atoms with Crippen molar-refractivity contribution < 1.29 is 13.3 Å². The third-order valence-electron chi connectivity index (χ3n) is 2.87. The number of rotatable bonds is 3. The second kappa shape index (κ2) is 5.19. The SMILES string of the molecule is C[C@H]1CN(S(=O)(=O)c2ccc([N+](=O)[O-])cn2)CCN1. The molecule has 1 N–H and O–H groups in total. The summed E-state index contributed by atoms with van der Waals surface area (Å²) in [6, 6.07) is 2.38. The van der Waals surface area contributed by atoms with E-state index in [4.69, 9.17) is 0 Å². The Balaban J connectivity index is 2.26. The average molecular weight is 286 g/mol. The van der Waals surface area contributed by atoms with Crippen LogP contribution in [0.1, 0.15) is 6.92 Å². The van der Waals surface area contributed by atoms with E-state index in [1.165, 1.54) is 10.4 Å².